The van der Waals surface area contributed by atoms with Crippen LogP contribution in [-0.2, 0) is 6.42 Å². The molecule has 9 rings (SSSR count). The van der Waals surface area contributed by atoms with Crippen molar-refractivity contribution in [1.29, 1.82) is 0 Å². The van der Waals surface area contributed by atoms with Gasteiger partial charge in [-0.15, -0.1) is 0 Å². The maximum atomic E-state index is 2.25. The highest BCUT2D eigenvalue weighted by atomic mass is 15.1. The van der Waals surface area contributed by atoms with E-state index in [1.807, 2.05) is 36.4 Å². The van der Waals surface area contributed by atoms with Crippen molar-refractivity contribution in [3.8, 4) is 11.1 Å². The van der Waals surface area contributed by atoms with E-state index in [2.05, 4.69) is 204 Å². The van der Waals surface area contributed by atoms with Crippen LogP contribution in [0.3, 0.4) is 0 Å². The third kappa shape index (κ3) is 8.16. The van der Waals surface area contributed by atoms with Gasteiger partial charge in [-0.2, -0.15) is 0 Å². The first-order valence-electron chi connectivity index (χ1n) is 17.4. The topological polar surface area (TPSA) is 6.48 Å². The molecular weight excluding hydrogens is 617 g/mol. The molecule has 2 heteroatoms. The first-order chi connectivity index (χ1) is 25.3. The van der Waals surface area contributed by atoms with Crippen molar-refractivity contribution in [3.63, 3.8) is 0 Å². The number of para-hydroxylation sites is 6. The summed E-state index contributed by atoms with van der Waals surface area (Å²) in [5.74, 6) is 0. The third-order valence-electron chi connectivity index (χ3n) is 8.79. The number of hydrogen-bond donors (Lipinski definition) is 0. The number of anilines is 6. The molecule has 0 saturated heterocycles. The zero-order valence-electron chi connectivity index (χ0n) is 28.5. The molecule has 0 fully saturated rings. The van der Waals surface area contributed by atoms with Crippen molar-refractivity contribution >= 4 is 34.1 Å². The van der Waals surface area contributed by atoms with Crippen molar-refractivity contribution in [2.75, 3.05) is 9.80 Å². The van der Waals surface area contributed by atoms with Gasteiger partial charge >= 0.3 is 0 Å². The Kier molecular flexibility index (Phi) is 10.7. The van der Waals surface area contributed by atoms with E-state index >= 15 is 0 Å². The van der Waals surface area contributed by atoms with Gasteiger partial charge in [0.1, 0.15) is 0 Å². The second-order valence-corrected chi connectivity index (χ2v) is 12.2. The fourth-order valence-corrected chi connectivity index (χ4v) is 6.44. The molecule has 0 N–H and O–H groups in total. The van der Waals surface area contributed by atoms with E-state index in [4.69, 9.17) is 0 Å². The van der Waals surface area contributed by atoms with Crippen molar-refractivity contribution in [2.24, 2.45) is 0 Å². The summed E-state index contributed by atoms with van der Waals surface area (Å²) in [7, 11) is 0. The molecule has 0 aliphatic heterocycles. The number of rotatable bonds is 6. The predicted molar refractivity (Wildman–Crippen MR) is 217 cm³/mol. The molecule has 51 heavy (non-hydrogen) atoms. The number of nitrogens with zero attached hydrogens (tertiary/aromatic N) is 2. The highest BCUT2D eigenvalue weighted by Gasteiger charge is 2.16. The van der Waals surface area contributed by atoms with Crippen LogP contribution in [0.4, 0.5) is 34.1 Å². The Labute approximate surface area is 302 Å². The molecule has 8 aromatic rings. The zero-order valence-corrected chi connectivity index (χ0v) is 28.5. The maximum absolute atomic E-state index is 2.25. The van der Waals surface area contributed by atoms with E-state index in [0.717, 1.165) is 6.42 Å². The molecule has 0 heterocycles. The van der Waals surface area contributed by atoms with Crippen LogP contribution in [0.1, 0.15) is 11.1 Å². The standard InChI is InChI=1S/2C18H15N.C13H10/c2*1-4-10-16(11-5-1)19(17-12-6-2-7-13-17)18-14-8-3-9-15-18;1-3-7-12-10(5-1)9-11-6-2-4-8-13(11)12/h2*1-15H;1-8H,9H2. The Morgan fingerprint density at radius 3 is 0.647 bits per heavy atom. The molecule has 1 aliphatic rings. The van der Waals surface area contributed by atoms with Crippen LogP contribution in [0.25, 0.3) is 11.1 Å². The van der Waals surface area contributed by atoms with Gasteiger partial charge in [-0.25, -0.2) is 0 Å². The Balaban J connectivity index is 0.000000122. The molecule has 0 radical (unpaired) electrons. The quantitative estimate of drug-likeness (QED) is 0.176. The summed E-state index contributed by atoms with van der Waals surface area (Å²) in [5, 5.41) is 0. The summed E-state index contributed by atoms with van der Waals surface area (Å²) in [5.41, 5.74) is 12.8. The van der Waals surface area contributed by atoms with Crippen LogP contribution < -0.4 is 9.80 Å². The van der Waals surface area contributed by atoms with E-state index in [-0.39, 0.29) is 0 Å². The first-order valence-corrected chi connectivity index (χ1v) is 17.4. The molecule has 1 aliphatic carbocycles. The van der Waals surface area contributed by atoms with E-state index in [1.165, 1.54) is 56.4 Å². The molecule has 246 valence electrons. The molecule has 8 aromatic carbocycles. The van der Waals surface area contributed by atoms with Gasteiger partial charge in [-0.1, -0.05) is 158 Å². The third-order valence-corrected chi connectivity index (χ3v) is 8.79. The Morgan fingerprint density at radius 1 is 0.216 bits per heavy atom. The minimum Gasteiger partial charge on any atom is -0.311 e. The van der Waals surface area contributed by atoms with E-state index < -0.39 is 0 Å². The summed E-state index contributed by atoms with van der Waals surface area (Å²) >= 11 is 0. The Morgan fingerprint density at radius 2 is 0.412 bits per heavy atom. The normalized spacial score (nSPS) is 10.7. The summed E-state index contributed by atoms with van der Waals surface area (Å²) in [6, 6.07) is 79.8. The largest absolute Gasteiger partial charge is 0.311 e. The van der Waals surface area contributed by atoms with Gasteiger partial charge in [0.2, 0.25) is 0 Å². The van der Waals surface area contributed by atoms with Gasteiger partial charge in [0.05, 0.1) is 0 Å². The van der Waals surface area contributed by atoms with Crippen molar-refractivity contribution in [2.45, 2.75) is 6.42 Å². The molecule has 2 nitrogen and oxygen atoms in total. The zero-order chi connectivity index (χ0) is 34.5. The number of hydrogen-bond acceptors (Lipinski definition) is 2. The average molecular weight is 657 g/mol. The molecule has 0 atom stereocenters. The SMILES string of the molecule is c1ccc(N(c2ccccc2)c2ccccc2)cc1.c1ccc(N(c2ccccc2)c2ccccc2)cc1.c1ccc2c(c1)Cc1ccccc1-2. The Bertz CT molecular complexity index is 1850. The van der Waals surface area contributed by atoms with Crippen LogP contribution in [0.15, 0.2) is 231 Å². The Hall–Kier alpha value is -6.64. The molecule has 0 unspecified atom stereocenters. The van der Waals surface area contributed by atoms with E-state index in [9.17, 15) is 0 Å². The van der Waals surface area contributed by atoms with Crippen LogP contribution in [-0.4, -0.2) is 0 Å². The van der Waals surface area contributed by atoms with E-state index in [1.54, 1.807) is 0 Å². The summed E-state index contributed by atoms with van der Waals surface area (Å²) in [6.07, 6.45) is 1.10. The lowest BCUT2D eigenvalue weighted by Gasteiger charge is -2.25. The predicted octanol–water partition coefficient (Wildman–Crippen LogP) is 13.6. The van der Waals surface area contributed by atoms with Crippen molar-refractivity contribution in [3.05, 3.63) is 242 Å². The van der Waals surface area contributed by atoms with Gasteiger partial charge in [0.25, 0.3) is 0 Å². The lowest BCUT2D eigenvalue weighted by molar-refractivity contribution is 1.26. The smallest absolute Gasteiger partial charge is 0.0461 e. The fraction of sp³-hybridized carbons (Fsp3) is 0.0204. The van der Waals surface area contributed by atoms with E-state index in [0.29, 0.717) is 0 Å². The molecular formula is C49H40N2. The van der Waals surface area contributed by atoms with Gasteiger partial charge in [0, 0.05) is 34.1 Å². The van der Waals surface area contributed by atoms with Gasteiger partial charge in [-0.05, 0) is 101 Å². The second-order valence-electron chi connectivity index (χ2n) is 12.2. The lowest BCUT2D eigenvalue weighted by atomic mass is 10.1. The molecule has 0 bridgehead atoms. The molecule has 0 amide bonds. The van der Waals surface area contributed by atoms with Crippen LogP contribution in [0, 0.1) is 0 Å². The number of fused-ring (bicyclic) bond motifs is 3. The maximum Gasteiger partial charge on any atom is 0.0461 e. The minimum absolute atomic E-state index is 1.10. The average Bonchev–Trinajstić information content (AvgIpc) is 3.60. The van der Waals surface area contributed by atoms with Gasteiger partial charge in [-0.3, -0.25) is 0 Å². The molecule has 0 saturated carbocycles. The molecule has 0 aromatic heterocycles. The minimum atomic E-state index is 1.10. The molecule has 0 spiro atoms. The fourth-order valence-electron chi connectivity index (χ4n) is 6.44. The van der Waals surface area contributed by atoms with Crippen molar-refractivity contribution in [1.82, 2.24) is 0 Å². The van der Waals surface area contributed by atoms with Gasteiger partial charge in [0.15, 0.2) is 0 Å². The summed E-state index contributed by atoms with van der Waals surface area (Å²) in [4.78, 5) is 4.50. The highest BCUT2D eigenvalue weighted by Crippen LogP contribution is 2.36. The number of benzene rings is 8. The lowest BCUT2D eigenvalue weighted by Crippen LogP contribution is -2.09. The summed E-state index contributed by atoms with van der Waals surface area (Å²) in [6.45, 7) is 0. The first kappa shape index (κ1) is 32.9. The van der Waals surface area contributed by atoms with Crippen molar-refractivity contribution < 1.29 is 0 Å². The summed E-state index contributed by atoms with van der Waals surface area (Å²) < 4.78 is 0. The monoisotopic (exact) mass is 656 g/mol. The van der Waals surface area contributed by atoms with Crippen LogP contribution in [0.5, 0.6) is 0 Å². The van der Waals surface area contributed by atoms with Crippen LogP contribution >= 0.6 is 0 Å². The second kappa shape index (κ2) is 16.6. The van der Waals surface area contributed by atoms with Gasteiger partial charge < -0.3 is 9.80 Å². The van der Waals surface area contributed by atoms with Crippen LogP contribution in [0.2, 0.25) is 0 Å². The highest BCUT2D eigenvalue weighted by molar-refractivity contribution is 5.78.